The Hall–Kier alpha value is -4.13. The van der Waals surface area contributed by atoms with Crippen molar-refractivity contribution in [2.24, 2.45) is 0 Å². The highest BCUT2D eigenvalue weighted by Gasteiger charge is 2.11. The van der Waals surface area contributed by atoms with E-state index in [4.69, 9.17) is 4.74 Å². The Kier molecular flexibility index (Phi) is 5.17. The molecule has 7 nitrogen and oxygen atoms in total. The van der Waals surface area contributed by atoms with Crippen molar-refractivity contribution in [3.05, 3.63) is 99.2 Å². The number of anilines is 1. The maximum Gasteiger partial charge on any atom is 0.329 e. The van der Waals surface area contributed by atoms with Gasteiger partial charge in [-0.1, -0.05) is 29.8 Å². The summed E-state index contributed by atoms with van der Waals surface area (Å²) < 4.78 is 7.01. The predicted molar refractivity (Wildman–Crippen MR) is 115 cm³/mol. The Morgan fingerprint density at radius 3 is 2.27 bits per heavy atom. The van der Waals surface area contributed by atoms with Crippen molar-refractivity contribution < 1.29 is 9.53 Å². The normalized spacial score (nSPS) is 10.7. The van der Waals surface area contributed by atoms with Crippen molar-refractivity contribution in [2.75, 3.05) is 5.32 Å². The first-order chi connectivity index (χ1) is 14.5. The molecule has 4 rings (SSSR count). The maximum absolute atomic E-state index is 12.5. The molecule has 0 aliphatic carbocycles. The second-order valence-corrected chi connectivity index (χ2v) is 6.85. The predicted octanol–water partition coefficient (Wildman–Crippen LogP) is 3.43. The van der Waals surface area contributed by atoms with Gasteiger partial charge in [0.2, 0.25) is 5.91 Å². The fraction of sp³-hybridized carbons (Fsp3) is 0.0870. The average Bonchev–Trinajstić information content (AvgIpc) is 2.74. The third kappa shape index (κ3) is 4.15. The number of hydrogen-bond donors (Lipinski definition) is 2. The summed E-state index contributed by atoms with van der Waals surface area (Å²) in [5.74, 6) is 0.975. The highest BCUT2D eigenvalue weighted by Crippen LogP contribution is 2.23. The van der Waals surface area contributed by atoms with Crippen LogP contribution >= 0.6 is 0 Å². The van der Waals surface area contributed by atoms with Gasteiger partial charge in [-0.3, -0.25) is 19.1 Å². The monoisotopic (exact) mass is 401 g/mol. The number of nitrogens with one attached hydrogen (secondary N) is 2. The number of nitrogens with zero attached hydrogens (tertiary/aromatic N) is 1. The minimum atomic E-state index is -0.629. The first-order valence-corrected chi connectivity index (χ1v) is 9.36. The minimum Gasteiger partial charge on any atom is -0.457 e. The Bertz CT molecular complexity index is 1320. The van der Waals surface area contributed by atoms with Crippen molar-refractivity contribution in [2.45, 2.75) is 13.5 Å². The third-order valence-electron chi connectivity index (χ3n) is 4.60. The van der Waals surface area contributed by atoms with Gasteiger partial charge < -0.3 is 10.1 Å². The lowest BCUT2D eigenvalue weighted by Gasteiger charge is -2.11. The number of ether oxygens (including phenoxy) is 1. The molecule has 7 heteroatoms. The number of aromatic amines is 1. The Labute approximate surface area is 171 Å². The highest BCUT2D eigenvalue weighted by molar-refractivity contribution is 5.91. The van der Waals surface area contributed by atoms with E-state index in [1.807, 2.05) is 31.2 Å². The molecule has 0 unspecified atom stereocenters. The van der Waals surface area contributed by atoms with Gasteiger partial charge in [-0.25, -0.2) is 4.79 Å². The van der Waals surface area contributed by atoms with E-state index in [0.29, 0.717) is 22.3 Å². The first kappa shape index (κ1) is 19.2. The van der Waals surface area contributed by atoms with E-state index >= 15 is 0 Å². The van der Waals surface area contributed by atoms with Crippen molar-refractivity contribution in [1.29, 1.82) is 0 Å². The maximum atomic E-state index is 12.5. The zero-order chi connectivity index (χ0) is 21.1. The molecule has 0 saturated heterocycles. The van der Waals surface area contributed by atoms with E-state index in [0.717, 1.165) is 11.3 Å². The van der Waals surface area contributed by atoms with Crippen LogP contribution in [0, 0.1) is 6.92 Å². The molecule has 0 bridgehead atoms. The molecular weight excluding hydrogens is 382 g/mol. The zero-order valence-electron chi connectivity index (χ0n) is 16.2. The third-order valence-corrected chi connectivity index (χ3v) is 4.60. The van der Waals surface area contributed by atoms with Crippen LogP contribution in [0.25, 0.3) is 10.9 Å². The smallest absolute Gasteiger partial charge is 0.329 e. The fourth-order valence-corrected chi connectivity index (χ4v) is 3.09. The lowest BCUT2D eigenvalue weighted by atomic mass is 10.2. The van der Waals surface area contributed by atoms with Crippen LogP contribution in [0.1, 0.15) is 5.56 Å². The molecule has 0 atom stereocenters. The fourth-order valence-electron chi connectivity index (χ4n) is 3.09. The lowest BCUT2D eigenvalue weighted by Crippen LogP contribution is -2.33. The number of carbonyl (C=O) groups is 1. The number of rotatable bonds is 5. The molecule has 0 saturated carbocycles. The Balaban J connectivity index is 1.47. The van der Waals surface area contributed by atoms with Crippen molar-refractivity contribution >= 4 is 22.5 Å². The molecule has 0 spiro atoms. The summed E-state index contributed by atoms with van der Waals surface area (Å²) >= 11 is 0. The summed E-state index contributed by atoms with van der Waals surface area (Å²) in [6.45, 7) is 1.78. The van der Waals surface area contributed by atoms with Gasteiger partial charge in [-0.2, -0.15) is 0 Å². The van der Waals surface area contributed by atoms with Gasteiger partial charge in [0.15, 0.2) is 0 Å². The molecule has 1 heterocycles. The van der Waals surface area contributed by atoms with Crippen molar-refractivity contribution in [3.63, 3.8) is 0 Å². The summed E-state index contributed by atoms with van der Waals surface area (Å²) in [4.78, 5) is 38.8. The van der Waals surface area contributed by atoms with Crippen LogP contribution in [-0.2, 0) is 11.3 Å². The molecule has 0 aliphatic heterocycles. The number of aryl methyl sites for hydroxylation is 1. The number of hydrogen-bond acceptors (Lipinski definition) is 4. The van der Waals surface area contributed by atoms with Gasteiger partial charge in [0, 0.05) is 5.69 Å². The average molecular weight is 401 g/mol. The summed E-state index contributed by atoms with van der Waals surface area (Å²) in [5.41, 5.74) is 1.02. The second-order valence-electron chi connectivity index (χ2n) is 6.85. The molecule has 3 aromatic carbocycles. The molecule has 1 amide bonds. The number of H-pyrrole nitrogens is 1. The Morgan fingerprint density at radius 2 is 1.57 bits per heavy atom. The molecule has 1 aromatic heterocycles. The molecule has 0 aliphatic rings. The highest BCUT2D eigenvalue weighted by atomic mass is 16.5. The van der Waals surface area contributed by atoms with E-state index < -0.39 is 11.2 Å². The first-order valence-electron chi connectivity index (χ1n) is 9.36. The van der Waals surface area contributed by atoms with E-state index in [-0.39, 0.29) is 12.5 Å². The van der Waals surface area contributed by atoms with E-state index in [9.17, 15) is 14.4 Å². The number of amides is 1. The van der Waals surface area contributed by atoms with E-state index in [1.54, 1.807) is 48.5 Å². The quantitative estimate of drug-likeness (QED) is 0.536. The van der Waals surface area contributed by atoms with Gasteiger partial charge in [-0.15, -0.1) is 0 Å². The van der Waals surface area contributed by atoms with Crippen LogP contribution in [0.15, 0.2) is 82.4 Å². The lowest BCUT2D eigenvalue weighted by molar-refractivity contribution is -0.116. The summed E-state index contributed by atoms with van der Waals surface area (Å²) in [6.07, 6.45) is 0. The van der Waals surface area contributed by atoms with Crippen LogP contribution in [0.2, 0.25) is 0 Å². The van der Waals surface area contributed by atoms with E-state index in [1.165, 1.54) is 4.57 Å². The van der Waals surface area contributed by atoms with Crippen LogP contribution in [0.4, 0.5) is 5.69 Å². The molecule has 0 fully saturated rings. The topological polar surface area (TPSA) is 93.2 Å². The number of benzene rings is 3. The molecule has 4 aromatic rings. The van der Waals surface area contributed by atoms with Crippen LogP contribution in [-0.4, -0.2) is 15.5 Å². The minimum absolute atomic E-state index is 0.224. The number of fused-ring (bicyclic) bond motifs is 1. The van der Waals surface area contributed by atoms with Gasteiger partial charge in [0.1, 0.15) is 18.0 Å². The molecule has 2 N–H and O–H groups in total. The Morgan fingerprint density at radius 1 is 0.933 bits per heavy atom. The van der Waals surface area contributed by atoms with E-state index in [2.05, 4.69) is 10.3 Å². The molecule has 0 radical (unpaired) electrons. The standard InChI is InChI=1S/C23H19N3O4/c1-15-6-10-17(11-7-15)30-18-12-8-16(9-13-18)24-21(27)14-26-20-5-3-2-4-19(20)22(28)25-23(26)29/h2-13H,14H2,1H3,(H,24,27)(H,25,28,29). The molecule has 150 valence electrons. The second kappa shape index (κ2) is 8.08. The summed E-state index contributed by atoms with van der Waals surface area (Å²) in [7, 11) is 0. The van der Waals surface area contributed by atoms with Crippen LogP contribution in [0.3, 0.4) is 0 Å². The number of para-hydroxylation sites is 1. The SMILES string of the molecule is Cc1ccc(Oc2ccc(NC(=O)Cn3c(=O)[nH]c(=O)c4ccccc43)cc2)cc1. The van der Waals surface area contributed by atoms with Crippen LogP contribution in [0.5, 0.6) is 11.5 Å². The summed E-state index contributed by atoms with van der Waals surface area (Å²) in [5, 5.41) is 3.10. The van der Waals surface area contributed by atoms with Gasteiger partial charge in [-0.05, 0) is 55.5 Å². The largest absolute Gasteiger partial charge is 0.457 e. The van der Waals surface area contributed by atoms with Crippen LogP contribution < -0.4 is 21.3 Å². The van der Waals surface area contributed by atoms with Crippen molar-refractivity contribution in [3.8, 4) is 11.5 Å². The van der Waals surface area contributed by atoms with Crippen molar-refractivity contribution in [1.82, 2.24) is 9.55 Å². The van der Waals surface area contributed by atoms with Gasteiger partial charge >= 0.3 is 5.69 Å². The number of carbonyl (C=O) groups excluding carboxylic acids is 1. The van der Waals surface area contributed by atoms with Gasteiger partial charge in [0.05, 0.1) is 10.9 Å². The number of aromatic nitrogens is 2. The zero-order valence-corrected chi connectivity index (χ0v) is 16.2. The van der Waals surface area contributed by atoms with Gasteiger partial charge in [0.25, 0.3) is 5.56 Å². The molecule has 30 heavy (non-hydrogen) atoms. The molecular formula is C23H19N3O4. The summed E-state index contributed by atoms with van der Waals surface area (Å²) in [6, 6.07) is 21.3.